The highest BCUT2D eigenvalue weighted by atomic mass is 16.5. The van der Waals surface area contributed by atoms with E-state index < -0.39 is 0 Å². The molecule has 0 aliphatic carbocycles. The van der Waals surface area contributed by atoms with Crippen LogP contribution in [0.25, 0.3) is 0 Å². The van der Waals surface area contributed by atoms with Crippen LogP contribution >= 0.6 is 0 Å². The van der Waals surface area contributed by atoms with Crippen LogP contribution in [-0.2, 0) is 4.79 Å². The number of para-hydroxylation sites is 1. The van der Waals surface area contributed by atoms with Crippen molar-refractivity contribution in [3.8, 4) is 5.75 Å². The van der Waals surface area contributed by atoms with E-state index in [-0.39, 0.29) is 24.0 Å². The van der Waals surface area contributed by atoms with Gasteiger partial charge in [-0.05, 0) is 43.2 Å². The average molecular weight is 378 g/mol. The second kappa shape index (κ2) is 8.72. The number of anilines is 4. The van der Waals surface area contributed by atoms with E-state index in [9.17, 15) is 4.79 Å². The van der Waals surface area contributed by atoms with Crippen LogP contribution < -0.4 is 26.6 Å². The Morgan fingerprint density at radius 3 is 2.61 bits per heavy atom. The molecule has 0 saturated carbocycles. The molecule has 8 heteroatoms. The van der Waals surface area contributed by atoms with Crippen molar-refractivity contribution in [2.45, 2.75) is 13.8 Å². The second-order valence-electron chi connectivity index (χ2n) is 6.20. The third kappa shape index (κ3) is 4.88. The number of nitrogens with zero attached hydrogens (tertiary/aromatic N) is 2. The molecule has 144 valence electrons. The van der Waals surface area contributed by atoms with Crippen molar-refractivity contribution in [2.75, 3.05) is 23.1 Å². The van der Waals surface area contributed by atoms with Gasteiger partial charge < -0.3 is 15.8 Å². The number of hydrogen-bond donors (Lipinski definition) is 4. The summed E-state index contributed by atoms with van der Waals surface area (Å²) in [5.41, 5.74) is 14.7. The van der Waals surface area contributed by atoms with Crippen molar-refractivity contribution < 1.29 is 9.53 Å². The number of carbonyl (C=O) groups is 1. The lowest BCUT2D eigenvalue weighted by Crippen LogP contribution is -2.34. The first kappa shape index (κ1) is 19.0. The van der Waals surface area contributed by atoms with Gasteiger partial charge in [0.05, 0.1) is 0 Å². The SMILES string of the molecule is Cc1ccc(C)c(Nc2ncnc(NNC(=O)COc3ccccc3)c2N)c1. The molecule has 8 nitrogen and oxygen atoms in total. The minimum Gasteiger partial charge on any atom is -0.484 e. The fraction of sp³-hybridized carbons (Fsp3) is 0.150. The molecular formula is C20H22N6O2. The zero-order valence-electron chi connectivity index (χ0n) is 15.7. The first-order valence-electron chi connectivity index (χ1n) is 8.70. The second-order valence-corrected chi connectivity index (χ2v) is 6.20. The predicted molar refractivity (Wildman–Crippen MR) is 109 cm³/mol. The summed E-state index contributed by atoms with van der Waals surface area (Å²) in [4.78, 5) is 20.2. The zero-order chi connectivity index (χ0) is 19.9. The Morgan fingerprint density at radius 1 is 1.07 bits per heavy atom. The van der Waals surface area contributed by atoms with Crippen LogP contribution in [0.5, 0.6) is 5.75 Å². The van der Waals surface area contributed by atoms with Gasteiger partial charge in [-0.15, -0.1) is 0 Å². The van der Waals surface area contributed by atoms with E-state index in [0.717, 1.165) is 16.8 Å². The van der Waals surface area contributed by atoms with Crippen molar-refractivity contribution in [3.05, 3.63) is 66.0 Å². The number of carbonyl (C=O) groups excluding carboxylic acids is 1. The van der Waals surface area contributed by atoms with Gasteiger partial charge in [0.15, 0.2) is 18.2 Å². The van der Waals surface area contributed by atoms with Crippen LogP contribution in [0.1, 0.15) is 11.1 Å². The molecule has 0 spiro atoms. The van der Waals surface area contributed by atoms with E-state index in [1.54, 1.807) is 12.1 Å². The van der Waals surface area contributed by atoms with E-state index in [2.05, 4.69) is 26.1 Å². The Bertz CT molecular complexity index is 962. The summed E-state index contributed by atoms with van der Waals surface area (Å²) < 4.78 is 5.39. The Morgan fingerprint density at radius 2 is 1.82 bits per heavy atom. The number of aryl methyl sites for hydroxylation is 2. The molecule has 2 aromatic carbocycles. The molecule has 1 aromatic heterocycles. The standard InChI is InChI=1S/C20H22N6O2/c1-13-8-9-14(2)16(10-13)24-19-18(21)20(23-12-22-19)26-25-17(27)11-28-15-6-4-3-5-7-15/h3-10,12H,11,21H2,1-2H3,(H,25,27)(H2,22,23,24,26). The summed E-state index contributed by atoms with van der Waals surface area (Å²) >= 11 is 0. The van der Waals surface area contributed by atoms with Gasteiger partial charge in [-0.25, -0.2) is 9.97 Å². The van der Waals surface area contributed by atoms with E-state index in [1.807, 2.05) is 50.2 Å². The van der Waals surface area contributed by atoms with Crippen molar-refractivity contribution >= 4 is 28.9 Å². The lowest BCUT2D eigenvalue weighted by molar-refractivity contribution is -0.122. The molecule has 0 fully saturated rings. The maximum atomic E-state index is 12.0. The van der Waals surface area contributed by atoms with Crippen molar-refractivity contribution in [1.29, 1.82) is 0 Å². The molecule has 0 aliphatic heterocycles. The van der Waals surface area contributed by atoms with E-state index >= 15 is 0 Å². The minimum atomic E-state index is -0.370. The zero-order valence-corrected chi connectivity index (χ0v) is 15.7. The molecule has 0 bridgehead atoms. The van der Waals surface area contributed by atoms with Gasteiger partial charge in [0.25, 0.3) is 5.91 Å². The smallest absolute Gasteiger partial charge is 0.276 e. The molecule has 0 saturated heterocycles. The molecule has 28 heavy (non-hydrogen) atoms. The van der Waals surface area contributed by atoms with Crippen LogP contribution in [-0.4, -0.2) is 22.5 Å². The molecule has 3 rings (SSSR count). The lowest BCUT2D eigenvalue weighted by atomic mass is 10.1. The number of aromatic nitrogens is 2. The van der Waals surface area contributed by atoms with Crippen LogP contribution in [0.2, 0.25) is 0 Å². The molecule has 0 atom stereocenters. The number of hydrazine groups is 1. The van der Waals surface area contributed by atoms with Crippen molar-refractivity contribution in [2.24, 2.45) is 0 Å². The molecule has 1 amide bonds. The Kier molecular flexibility index (Phi) is 5.91. The summed E-state index contributed by atoms with van der Waals surface area (Å²) in [5, 5.41) is 3.20. The normalized spacial score (nSPS) is 10.2. The van der Waals surface area contributed by atoms with Gasteiger partial charge in [-0.1, -0.05) is 30.3 Å². The molecule has 0 unspecified atom stereocenters. The largest absolute Gasteiger partial charge is 0.484 e. The highest BCUT2D eigenvalue weighted by Crippen LogP contribution is 2.27. The first-order chi connectivity index (χ1) is 13.5. The topological polar surface area (TPSA) is 114 Å². The van der Waals surface area contributed by atoms with Gasteiger partial charge in [-0.2, -0.15) is 0 Å². The lowest BCUT2D eigenvalue weighted by Gasteiger charge is -2.14. The molecule has 0 aliphatic rings. The van der Waals surface area contributed by atoms with Crippen molar-refractivity contribution in [3.63, 3.8) is 0 Å². The third-order valence-corrected chi connectivity index (χ3v) is 3.96. The van der Waals surface area contributed by atoms with E-state index in [1.165, 1.54) is 6.33 Å². The Balaban J connectivity index is 1.61. The predicted octanol–water partition coefficient (Wildman–Crippen LogP) is 2.94. The fourth-order valence-corrected chi connectivity index (χ4v) is 2.42. The van der Waals surface area contributed by atoms with Gasteiger partial charge in [-0.3, -0.25) is 15.6 Å². The number of rotatable bonds is 7. The summed E-state index contributed by atoms with van der Waals surface area (Å²) in [5.74, 6) is 0.974. The summed E-state index contributed by atoms with van der Waals surface area (Å²) in [7, 11) is 0. The number of benzene rings is 2. The molecule has 3 aromatic rings. The minimum absolute atomic E-state index is 0.143. The Labute approximate surface area is 163 Å². The highest BCUT2D eigenvalue weighted by Gasteiger charge is 2.11. The number of nitrogens with one attached hydrogen (secondary N) is 3. The van der Waals surface area contributed by atoms with Crippen LogP contribution in [0, 0.1) is 13.8 Å². The number of ether oxygens (including phenoxy) is 1. The van der Waals surface area contributed by atoms with Crippen LogP contribution in [0.15, 0.2) is 54.9 Å². The van der Waals surface area contributed by atoms with E-state index in [0.29, 0.717) is 11.6 Å². The van der Waals surface area contributed by atoms with Gasteiger partial charge in [0.1, 0.15) is 17.8 Å². The molecular weight excluding hydrogens is 356 g/mol. The number of hydrogen-bond acceptors (Lipinski definition) is 7. The molecule has 1 heterocycles. The summed E-state index contributed by atoms with van der Waals surface area (Å²) in [6.45, 7) is 3.86. The van der Waals surface area contributed by atoms with Crippen LogP contribution in [0.4, 0.5) is 23.0 Å². The average Bonchev–Trinajstić information content (AvgIpc) is 2.70. The fourth-order valence-electron chi connectivity index (χ4n) is 2.42. The van der Waals surface area contributed by atoms with E-state index in [4.69, 9.17) is 10.5 Å². The number of nitrogens with two attached hydrogens (primary N) is 1. The maximum absolute atomic E-state index is 12.0. The van der Waals surface area contributed by atoms with Gasteiger partial charge >= 0.3 is 0 Å². The third-order valence-electron chi connectivity index (χ3n) is 3.96. The Hall–Kier alpha value is -3.81. The summed E-state index contributed by atoms with van der Waals surface area (Å²) in [6, 6.07) is 15.1. The number of amides is 1. The highest BCUT2D eigenvalue weighted by molar-refractivity contribution is 5.82. The van der Waals surface area contributed by atoms with Gasteiger partial charge in [0.2, 0.25) is 0 Å². The first-order valence-corrected chi connectivity index (χ1v) is 8.70. The van der Waals surface area contributed by atoms with Crippen molar-refractivity contribution in [1.82, 2.24) is 15.4 Å². The van der Waals surface area contributed by atoms with Gasteiger partial charge in [0, 0.05) is 5.69 Å². The summed E-state index contributed by atoms with van der Waals surface area (Å²) in [6.07, 6.45) is 1.36. The maximum Gasteiger partial charge on any atom is 0.276 e. The molecule has 5 N–H and O–H groups in total. The molecule has 0 radical (unpaired) electrons. The quantitative estimate of drug-likeness (QED) is 0.467. The number of nitrogen functional groups attached to an aromatic ring is 1. The monoisotopic (exact) mass is 378 g/mol. The van der Waals surface area contributed by atoms with Crippen LogP contribution in [0.3, 0.4) is 0 Å².